The maximum atomic E-state index is 3.61. The molecule has 1 fully saturated rings. The van der Waals surface area contributed by atoms with E-state index in [1.54, 1.807) is 5.56 Å². The summed E-state index contributed by atoms with van der Waals surface area (Å²) < 4.78 is 0. The minimum absolute atomic E-state index is 0.390. The molecule has 0 unspecified atom stereocenters. The van der Waals surface area contributed by atoms with Crippen molar-refractivity contribution in [3.63, 3.8) is 0 Å². The Kier molecular flexibility index (Phi) is 5.26. The molecule has 1 N–H and O–H groups in total. The van der Waals surface area contributed by atoms with Crippen LogP contribution in [-0.2, 0) is 5.41 Å². The van der Waals surface area contributed by atoms with Crippen LogP contribution in [0.5, 0.6) is 0 Å². The molecule has 0 heterocycles. The molecule has 1 aliphatic rings. The molecule has 0 bridgehead atoms. The molecule has 0 spiro atoms. The molecule has 1 nitrogen and oxygen atoms in total. The molecule has 1 aromatic rings. The van der Waals surface area contributed by atoms with Gasteiger partial charge in [0, 0.05) is 12.0 Å². The third-order valence-electron chi connectivity index (χ3n) is 5.09. The lowest BCUT2D eigenvalue weighted by Crippen LogP contribution is -2.54. The van der Waals surface area contributed by atoms with Crippen LogP contribution in [0.1, 0.15) is 64.9 Å². The molecular formula is C19H31N. The molecule has 20 heavy (non-hydrogen) atoms. The largest absolute Gasteiger partial charge is 0.316 e. The highest BCUT2D eigenvalue weighted by molar-refractivity contribution is 5.31. The number of likely N-dealkylation sites (N-methyl/N-ethyl adjacent to an activating group) is 1. The summed E-state index contributed by atoms with van der Waals surface area (Å²) in [4.78, 5) is 0. The number of hydrogen-bond donors (Lipinski definition) is 1. The number of nitrogens with one attached hydrogen (secondary N) is 1. The highest BCUT2D eigenvalue weighted by atomic mass is 14.9. The van der Waals surface area contributed by atoms with Gasteiger partial charge in [-0.3, -0.25) is 0 Å². The van der Waals surface area contributed by atoms with E-state index < -0.39 is 0 Å². The van der Waals surface area contributed by atoms with Crippen molar-refractivity contribution in [1.82, 2.24) is 5.32 Å². The van der Waals surface area contributed by atoms with Crippen LogP contribution < -0.4 is 5.32 Å². The Morgan fingerprint density at radius 1 is 0.950 bits per heavy atom. The first-order chi connectivity index (χ1) is 9.70. The molecule has 0 atom stereocenters. The SMILES string of the molecule is CCCC1(CCC)CC(CNCC)(c2ccccc2)C1. The molecule has 1 aliphatic carbocycles. The van der Waals surface area contributed by atoms with E-state index in [9.17, 15) is 0 Å². The lowest BCUT2D eigenvalue weighted by molar-refractivity contribution is 0.00314. The van der Waals surface area contributed by atoms with E-state index in [0.29, 0.717) is 10.8 Å². The molecule has 1 heteroatoms. The van der Waals surface area contributed by atoms with Crippen molar-refractivity contribution < 1.29 is 0 Å². The fourth-order valence-corrected chi connectivity index (χ4v) is 4.51. The average molecular weight is 273 g/mol. The highest BCUT2D eigenvalue weighted by Gasteiger charge is 2.53. The Balaban J connectivity index is 2.16. The van der Waals surface area contributed by atoms with Crippen LogP contribution in [0.3, 0.4) is 0 Å². The molecule has 0 radical (unpaired) electrons. The molecule has 0 aliphatic heterocycles. The van der Waals surface area contributed by atoms with Gasteiger partial charge < -0.3 is 5.32 Å². The lowest BCUT2D eigenvalue weighted by Gasteiger charge is -2.57. The monoisotopic (exact) mass is 273 g/mol. The van der Waals surface area contributed by atoms with Crippen LogP contribution in [0.4, 0.5) is 0 Å². The van der Waals surface area contributed by atoms with Crippen molar-refractivity contribution in [2.45, 2.75) is 64.7 Å². The van der Waals surface area contributed by atoms with Crippen molar-refractivity contribution in [3.8, 4) is 0 Å². The fourth-order valence-electron chi connectivity index (χ4n) is 4.51. The van der Waals surface area contributed by atoms with Crippen LogP contribution in [-0.4, -0.2) is 13.1 Å². The van der Waals surface area contributed by atoms with Gasteiger partial charge in [0.2, 0.25) is 0 Å². The van der Waals surface area contributed by atoms with Gasteiger partial charge in [-0.05, 0) is 43.2 Å². The summed E-state index contributed by atoms with van der Waals surface area (Å²) in [5.74, 6) is 0. The van der Waals surface area contributed by atoms with Gasteiger partial charge in [-0.25, -0.2) is 0 Å². The third kappa shape index (κ3) is 3.09. The smallest absolute Gasteiger partial charge is 0.00883 e. The quantitative estimate of drug-likeness (QED) is 0.709. The van der Waals surface area contributed by atoms with Gasteiger partial charge in [-0.1, -0.05) is 63.9 Å². The molecule has 2 rings (SSSR count). The third-order valence-corrected chi connectivity index (χ3v) is 5.09. The van der Waals surface area contributed by atoms with Crippen molar-refractivity contribution in [2.75, 3.05) is 13.1 Å². The predicted octanol–water partition coefficient (Wildman–Crippen LogP) is 4.91. The van der Waals surface area contributed by atoms with E-state index in [0.717, 1.165) is 13.1 Å². The molecule has 112 valence electrons. The molecular weight excluding hydrogens is 242 g/mol. The Labute approximate surface area is 125 Å². The number of rotatable bonds is 8. The average Bonchev–Trinajstić information content (AvgIpc) is 2.44. The maximum Gasteiger partial charge on any atom is 0.00883 e. The summed E-state index contributed by atoms with van der Waals surface area (Å²) in [5.41, 5.74) is 2.56. The summed E-state index contributed by atoms with van der Waals surface area (Å²) in [6.07, 6.45) is 8.21. The van der Waals surface area contributed by atoms with Crippen molar-refractivity contribution in [1.29, 1.82) is 0 Å². The van der Waals surface area contributed by atoms with E-state index in [-0.39, 0.29) is 0 Å². The zero-order valence-corrected chi connectivity index (χ0v) is 13.5. The molecule has 1 saturated carbocycles. The maximum absolute atomic E-state index is 3.61. The Hall–Kier alpha value is -0.820. The second kappa shape index (κ2) is 6.76. The van der Waals surface area contributed by atoms with Crippen molar-refractivity contribution in [2.24, 2.45) is 5.41 Å². The molecule has 0 aromatic heterocycles. The van der Waals surface area contributed by atoms with Crippen LogP contribution in [0, 0.1) is 5.41 Å². The Morgan fingerprint density at radius 3 is 2.05 bits per heavy atom. The van der Waals surface area contributed by atoms with E-state index in [4.69, 9.17) is 0 Å². The minimum Gasteiger partial charge on any atom is -0.316 e. The summed E-state index contributed by atoms with van der Waals surface area (Å²) in [5, 5.41) is 3.61. The van der Waals surface area contributed by atoms with E-state index in [1.807, 2.05) is 0 Å². The van der Waals surface area contributed by atoms with Gasteiger partial charge in [0.15, 0.2) is 0 Å². The van der Waals surface area contributed by atoms with Gasteiger partial charge >= 0.3 is 0 Å². The molecule has 0 saturated heterocycles. The Morgan fingerprint density at radius 2 is 1.55 bits per heavy atom. The van der Waals surface area contributed by atoms with Gasteiger partial charge in [0.05, 0.1) is 0 Å². The number of hydrogen-bond acceptors (Lipinski definition) is 1. The first-order valence-electron chi connectivity index (χ1n) is 8.46. The van der Waals surface area contributed by atoms with Crippen LogP contribution in [0.15, 0.2) is 30.3 Å². The highest BCUT2D eigenvalue weighted by Crippen LogP contribution is 2.59. The normalized spacial score (nSPS) is 19.6. The molecule has 0 amide bonds. The lowest BCUT2D eigenvalue weighted by atomic mass is 9.48. The van der Waals surface area contributed by atoms with Gasteiger partial charge in [0.25, 0.3) is 0 Å². The Bertz CT molecular complexity index is 381. The summed E-state index contributed by atoms with van der Waals surface area (Å²) in [7, 11) is 0. The van der Waals surface area contributed by atoms with E-state index in [2.05, 4.69) is 56.4 Å². The first kappa shape index (κ1) is 15.6. The standard InChI is InChI=1S/C19H31N/c1-4-12-18(13-5-2)14-19(15-18,16-20-6-3)17-10-8-7-9-11-17/h7-11,20H,4-6,12-16H2,1-3H3. The van der Waals surface area contributed by atoms with Crippen LogP contribution >= 0.6 is 0 Å². The molecule has 1 aromatic carbocycles. The minimum atomic E-state index is 0.390. The van der Waals surface area contributed by atoms with Gasteiger partial charge in [-0.15, -0.1) is 0 Å². The number of benzene rings is 1. The first-order valence-corrected chi connectivity index (χ1v) is 8.46. The second-order valence-corrected chi connectivity index (χ2v) is 6.78. The zero-order chi connectivity index (χ0) is 14.5. The zero-order valence-electron chi connectivity index (χ0n) is 13.5. The van der Waals surface area contributed by atoms with E-state index >= 15 is 0 Å². The van der Waals surface area contributed by atoms with Crippen LogP contribution in [0.2, 0.25) is 0 Å². The van der Waals surface area contributed by atoms with Crippen molar-refractivity contribution >= 4 is 0 Å². The van der Waals surface area contributed by atoms with Crippen LogP contribution in [0.25, 0.3) is 0 Å². The van der Waals surface area contributed by atoms with E-state index in [1.165, 1.54) is 38.5 Å². The second-order valence-electron chi connectivity index (χ2n) is 6.78. The van der Waals surface area contributed by atoms with Crippen molar-refractivity contribution in [3.05, 3.63) is 35.9 Å². The fraction of sp³-hybridized carbons (Fsp3) is 0.684. The summed E-state index contributed by atoms with van der Waals surface area (Å²) in [6.45, 7) is 9.10. The van der Waals surface area contributed by atoms with Gasteiger partial charge in [-0.2, -0.15) is 0 Å². The van der Waals surface area contributed by atoms with Gasteiger partial charge in [0.1, 0.15) is 0 Å². The summed E-state index contributed by atoms with van der Waals surface area (Å²) in [6, 6.07) is 11.2. The summed E-state index contributed by atoms with van der Waals surface area (Å²) >= 11 is 0. The topological polar surface area (TPSA) is 12.0 Å². The predicted molar refractivity (Wildman–Crippen MR) is 88.1 cm³/mol.